The highest BCUT2D eigenvalue weighted by Crippen LogP contribution is 2.30. The second kappa shape index (κ2) is 6.91. The first-order valence-electron chi connectivity index (χ1n) is 8.15. The van der Waals surface area contributed by atoms with Gasteiger partial charge in [0.2, 0.25) is 0 Å². The summed E-state index contributed by atoms with van der Waals surface area (Å²) in [6.45, 7) is 0.656. The molecule has 1 aromatic carbocycles. The van der Waals surface area contributed by atoms with Crippen LogP contribution in [0.3, 0.4) is 0 Å². The topological polar surface area (TPSA) is 95.5 Å². The largest absolute Gasteiger partial charge is 0.298 e. The van der Waals surface area contributed by atoms with Gasteiger partial charge < -0.3 is 0 Å². The monoisotopic (exact) mass is 423 g/mol. The summed E-state index contributed by atoms with van der Waals surface area (Å²) in [5.74, 6) is -0.242. The summed E-state index contributed by atoms with van der Waals surface area (Å²) in [6, 6.07) is 5.36. The normalized spacial score (nSPS) is 15.2. The van der Waals surface area contributed by atoms with Crippen LogP contribution in [-0.2, 0) is 23.2 Å². The first-order chi connectivity index (χ1) is 12.8. The Bertz CT molecular complexity index is 1120. The predicted octanol–water partition coefficient (Wildman–Crippen LogP) is 2.17. The Morgan fingerprint density at radius 2 is 2.15 bits per heavy atom. The van der Waals surface area contributed by atoms with E-state index in [9.17, 15) is 13.2 Å². The van der Waals surface area contributed by atoms with Gasteiger partial charge in [0.1, 0.15) is 0 Å². The molecule has 0 saturated heterocycles. The van der Waals surface area contributed by atoms with E-state index < -0.39 is 10.2 Å². The summed E-state index contributed by atoms with van der Waals surface area (Å²) >= 11 is 2.80. The zero-order valence-electron chi connectivity index (χ0n) is 14.7. The van der Waals surface area contributed by atoms with Gasteiger partial charge in [-0.25, -0.2) is 9.97 Å². The lowest BCUT2D eigenvalue weighted by Crippen LogP contribution is -2.42. The molecule has 0 atom stereocenters. The van der Waals surface area contributed by atoms with Gasteiger partial charge in [-0.1, -0.05) is 0 Å². The Morgan fingerprint density at radius 3 is 2.93 bits per heavy atom. The number of nitrogens with zero attached hydrogens (tertiary/aromatic N) is 4. The summed E-state index contributed by atoms with van der Waals surface area (Å²) in [4.78, 5) is 22.1. The first kappa shape index (κ1) is 18.4. The fourth-order valence-corrected chi connectivity index (χ4v) is 5.71. The number of aromatic nitrogens is 2. The van der Waals surface area contributed by atoms with Crippen molar-refractivity contribution in [2.24, 2.45) is 0 Å². The van der Waals surface area contributed by atoms with Crippen LogP contribution in [0.15, 0.2) is 23.7 Å². The SMILES string of the molecule is CN(C)S(=O)(=O)N1CCc2nc(NC(=O)c3ccc4ncsc4c3)sc2C1. The molecular formula is C16H17N5O3S3. The van der Waals surface area contributed by atoms with Crippen LogP contribution in [0.25, 0.3) is 10.2 Å². The molecule has 8 nitrogen and oxygen atoms in total. The van der Waals surface area contributed by atoms with E-state index in [2.05, 4.69) is 15.3 Å². The molecular weight excluding hydrogens is 406 g/mol. The molecule has 11 heteroatoms. The van der Waals surface area contributed by atoms with Crippen molar-refractivity contribution >= 4 is 54.1 Å². The second-order valence-corrected chi connectivity index (χ2v) is 10.4. The maximum absolute atomic E-state index is 12.5. The number of carbonyl (C=O) groups excluding carboxylic acids is 1. The van der Waals surface area contributed by atoms with Crippen LogP contribution in [0.1, 0.15) is 20.9 Å². The number of thiazole rings is 2. The van der Waals surface area contributed by atoms with Crippen LogP contribution in [0.5, 0.6) is 0 Å². The van der Waals surface area contributed by atoms with Crippen LogP contribution in [-0.4, -0.2) is 53.5 Å². The van der Waals surface area contributed by atoms with E-state index in [0.29, 0.717) is 23.7 Å². The number of anilines is 1. The molecule has 1 aliphatic rings. The van der Waals surface area contributed by atoms with Crippen LogP contribution < -0.4 is 5.32 Å². The van der Waals surface area contributed by atoms with E-state index in [-0.39, 0.29) is 12.5 Å². The molecule has 1 aliphatic heterocycles. The van der Waals surface area contributed by atoms with Crippen LogP contribution >= 0.6 is 22.7 Å². The van der Waals surface area contributed by atoms with E-state index in [0.717, 1.165) is 20.8 Å². The zero-order chi connectivity index (χ0) is 19.2. The molecule has 0 unspecified atom stereocenters. The minimum absolute atomic E-state index is 0.242. The Hall–Kier alpha value is -1.92. The summed E-state index contributed by atoms with van der Waals surface area (Å²) in [7, 11) is -0.427. The van der Waals surface area contributed by atoms with Crippen molar-refractivity contribution in [2.75, 3.05) is 26.0 Å². The Labute approximate surface area is 164 Å². The van der Waals surface area contributed by atoms with E-state index in [1.807, 2.05) is 6.07 Å². The molecule has 0 saturated carbocycles. The third kappa shape index (κ3) is 3.48. The number of fused-ring (bicyclic) bond motifs is 2. The molecule has 4 rings (SSSR count). The lowest BCUT2D eigenvalue weighted by atomic mass is 10.2. The van der Waals surface area contributed by atoms with Crippen molar-refractivity contribution in [3.05, 3.63) is 39.8 Å². The summed E-state index contributed by atoms with van der Waals surface area (Å²) in [5, 5.41) is 3.31. The molecule has 142 valence electrons. The lowest BCUT2D eigenvalue weighted by Gasteiger charge is -2.27. The van der Waals surface area contributed by atoms with Gasteiger partial charge in [0.05, 0.1) is 28.0 Å². The Morgan fingerprint density at radius 1 is 1.33 bits per heavy atom. The fourth-order valence-electron chi connectivity index (χ4n) is 2.82. The molecule has 0 radical (unpaired) electrons. The van der Waals surface area contributed by atoms with Crippen molar-refractivity contribution in [1.29, 1.82) is 0 Å². The minimum atomic E-state index is -3.46. The molecule has 3 heterocycles. The average Bonchev–Trinajstić information content (AvgIpc) is 3.25. The van der Waals surface area contributed by atoms with E-state index in [1.54, 1.807) is 17.6 Å². The summed E-state index contributed by atoms with van der Waals surface area (Å²) < 4.78 is 28.2. The van der Waals surface area contributed by atoms with E-state index in [4.69, 9.17) is 0 Å². The standard InChI is InChI=1S/C16H17N5O3S3/c1-20(2)27(23,24)21-6-5-12-14(8-21)26-16(18-12)19-15(22)10-3-4-11-13(7-10)25-9-17-11/h3-4,7,9H,5-6,8H2,1-2H3,(H,18,19,22). The quantitative estimate of drug-likeness (QED) is 0.694. The number of benzene rings is 1. The fraction of sp³-hybridized carbons (Fsp3) is 0.312. The predicted molar refractivity (Wildman–Crippen MR) is 106 cm³/mol. The third-order valence-electron chi connectivity index (χ3n) is 4.30. The van der Waals surface area contributed by atoms with Gasteiger partial charge in [0, 0.05) is 37.5 Å². The smallest absolute Gasteiger partial charge is 0.281 e. The van der Waals surface area contributed by atoms with Crippen molar-refractivity contribution in [1.82, 2.24) is 18.6 Å². The number of amides is 1. The van der Waals surface area contributed by atoms with E-state index >= 15 is 0 Å². The van der Waals surface area contributed by atoms with Crippen LogP contribution in [0.4, 0.5) is 5.13 Å². The molecule has 3 aromatic rings. The van der Waals surface area contributed by atoms with Crippen molar-refractivity contribution < 1.29 is 13.2 Å². The van der Waals surface area contributed by atoms with Crippen molar-refractivity contribution in [3.8, 4) is 0 Å². The Kier molecular flexibility index (Phi) is 4.72. The van der Waals surface area contributed by atoms with E-state index in [1.165, 1.54) is 45.4 Å². The number of nitrogens with one attached hydrogen (secondary N) is 1. The van der Waals surface area contributed by atoms with Gasteiger partial charge in [-0.15, -0.1) is 22.7 Å². The number of carbonyl (C=O) groups is 1. The van der Waals surface area contributed by atoms with Gasteiger partial charge in [-0.3, -0.25) is 10.1 Å². The van der Waals surface area contributed by atoms with Crippen molar-refractivity contribution in [3.63, 3.8) is 0 Å². The highest BCUT2D eigenvalue weighted by atomic mass is 32.2. The number of hydrogen-bond donors (Lipinski definition) is 1. The maximum Gasteiger partial charge on any atom is 0.281 e. The van der Waals surface area contributed by atoms with Crippen LogP contribution in [0, 0.1) is 0 Å². The molecule has 0 bridgehead atoms. The molecule has 2 aromatic heterocycles. The molecule has 0 fully saturated rings. The highest BCUT2D eigenvalue weighted by molar-refractivity contribution is 7.86. The number of hydrogen-bond acceptors (Lipinski definition) is 7. The van der Waals surface area contributed by atoms with Crippen LogP contribution in [0.2, 0.25) is 0 Å². The lowest BCUT2D eigenvalue weighted by molar-refractivity contribution is 0.102. The van der Waals surface area contributed by atoms with Gasteiger partial charge in [-0.2, -0.15) is 17.0 Å². The summed E-state index contributed by atoms with van der Waals surface area (Å²) in [6.07, 6.45) is 0.529. The minimum Gasteiger partial charge on any atom is -0.298 e. The molecule has 1 N–H and O–H groups in total. The molecule has 27 heavy (non-hydrogen) atoms. The molecule has 0 spiro atoms. The van der Waals surface area contributed by atoms with Crippen molar-refractivity contribution in [2.45, 2.75) is 13.0 Å². The van der Waals surface area contributed by atoms with Gasteiger partial charge in [-0.05, 0) is 18.2 Å². The second-order valence-electron chi connectivity index (χ2n) is 6.25. The summed E-state index contributed by atoms with van der Waals surface area (Å²) in [5.41, 5.74) is 3.99. The maximum atomic E-state index is 12.5. The average molecular weight is 424 g/mol. The molecule has 1 amide bonds. The molecule has 0 aliphatic carbocycles. The highest BCUT2D eigenvalue weighted by Gasteiger charge is 2.30. The van der Waals surface area contributed by atoms with Gasteiger partial charge in [0.15, 0.2) is 5.13 Å². The first-order valence-corrected chi connectivity index (χ1v) is 11.2. The zero-order valence-corrected chi connectivity index (χ0v) is 17.1. The number of rotatable bonds is 4. The van der Waals surface area contributed by atoms with Gasteiger partial charge in [0.25, 0.3) is 16.1 Å². The Balaban J connectivity index is 1.52. The van der Waals surface area contributed by atoms with Gasteiger partial charge >= 0.3 is 0 Å². The third-order valence-corrected chi connectivity index (χ3v) is 7.97.